The van der Waals surface area contributed by atoms with Crippen LogP contribution in [0.25, 0.3) is 10.9 Å². The first-order valence-corrected chi connectivity index (χ1v) is 9.13. The number of nitrogens with zero attached hydrogens (tertiary/aromatic N) is 4. The Labute approximate surface area is 159 Å². The molecule has 1 aliphatic rings. The Hall–Kier alpha value is -2.90. The van der Waals surface area contributed by atoms with E-state index in [9.17, 15) is 18.0 Å². The lowest BCUT2D eigenvalue weighted by atomic mass is 9.90. The number of amides is 1. The Kier molecular flexibility index (Phi) is 4.78. The zero-order valence-corrected chi connectivity index (χ0v) is 15.1. The quantitative estimate of drug-likeness (QED) is 0.681. The molecule has 1 amide bonds. The second-order valence-electron chi connectivity index (χ2n) is 6.95. The molecule has 0 radical (unpaired) electrons. The molecule has 3 aromatic rings. The molecule has 1 aliphatic carbocycles. The second-order valence-corrected chi connectivity index (χ2v) is 6.95. The van der Waals surface area contributed by atoms with E-state index < -0.39 is 24.7 Å². The number of aromatic nitrogens is 3. The van der Waals surface area contributed by atoms with E-state index in [4.69, 9.17) is 0 Å². The Morgan fingerprint density at radius 1 is 1.21 bits per heavy atom. The van der Waals surface area contributed by atoms with Crippen molar-refractivity contribution in [3.63, 3.8) is 0 Å². The van der Waals surface area contributed by atoms with E-state index in [1.54, 1.807) is 30.6 Å². The van der Waals surface area contributed by atoms with Crippen molar-refractivity contribution >= 4 is 16.8 Å². The topological polar surface area (TPSA) is 51.0 Å². The number of carbonyl (C=O) groups is 1. The van der Waals surface area contributed by atoms with Crippen LogP contribution in [0.2, 0.25) is 0 Å². The molecular formula is C20H19F3N4O. The average Bonchev–Trinajstić information content (AvgIpc) is 3.08. The molecule has 0 N–H and O–H groups in total. The molecular weight excluding hydrogens is 369 g/mol. The van der Waals surface area contributed by atoms with Crippen molar-refractivity contribution in [2.24, 2.45) is 0 Å². The zero-order chi connectivity index (χ0) is 19.7. The molecule has 0 bridgehead atoms. The number of hydrogen-bond donors (Lipinski definition) is 0. The summed E-state index contributed by atoms with van der Waals surface area (Å²) in [5, 5.41) is 5.01. The number of carbonyl (C=O) groups excluding carboxylic acids is 1. The Bertz CT molecular complexity index is 998. The highest BCUT2D eigenvalue weighted by Gasteiger charge is 2.39. The average molecular weight is 388 g/mol. The molecule has 0 spiro atoms. The molecule has 5 nitrogen and oxygen atoms in total. The largest absolute Gasteiger partial charge is 0.406 e. The maximum Gasteiger partial charge on any atom is 0.406 e. The van der Waals surface area contributed by atoms with E-state index in [1.165, 1.54) is 4.68 Å². The van der Waals surface area contributed by atoms with Gasteiger partial charge in [0.15, 0.2) is 0 Å². The van der Waals surface area contributed by atoms with Gasteiger partial charge in [-0.1, -0.05) is 24.3 Å². The number of rotatable bonds is 4. The van der Waals surface area contributed by atoms with Crippen LogP contribution >= 0.6 is 0 Å². The molecule has 0 aliphatic heterocycles. The number of pyridine rings is 1. The van der Waals surface area contributed by atoms with Crippen LogP contribution in [-0.2, 0) is 17.8 Å². The number of aryl methyl sites for hydroxylation is 1. The van der Waals surface area contributed by atoms with Crippen LogP contribution < -0.4 is 0 Å². The first kappa shape index (κ1) is 18.5. The van der Waals surface area contributed by atoms with Crippen LogP contribution in [0.15, 0.2) is 48.8 Å². The Morgan fingerprint density at radius 2 is 2.04 bits per heavy atom. The van der Waals surface area contributed by atoms with Crippen molar-refractivity contribution in [1.82, 2.24) is 19.7 Å². The predicted molar refractivity (Wildman–Crippen MR) is 97.4 cm³/mol. The summed E-state index contributed by atoms with van der Waals surface area (Å²) >= 11 is 0. The van der Waals surface area contributed by atoms with Crippen LogP contribution in [0.4, 0.5) is 13.2 Å². The lowest BCUT2D eigenvalue weighted by Gasteiger charge is -2.35. The van der Waals surface area contributed by atoms with Gasteiger partial charge in [0, 0.05) is 11.6 Å². The molecule has 0 saturated heterocycles. The van der Waals surface area contributed by atoms with Crippen LogP contribution in [0.1, 0.15) is 30.1 Å². The van der Waals surface area contributed by atoms with Gasteiger partial charge in [0.1, 0.15) is 13.1 Å². The summed E-state index contributed by atoms with van der Waals surface area (Å²) in [4.78, 5) is 18.2. The third kappa shape index (κ3) is 3.72. The third-order valence-electron chi connectivity index (χ3n) is 5.05. The molecule has 2 aromatic heterocycles. The van der Waals surface area contributed by atoms with E-state index in [0.29, 0.717) is 17.6 Å². The molecule has 8 heteroatoms. The molecule has 0 fully saturated rings. The Balaban J connectivity index is 1.66. The van der Waals surface area contributed by atoms with Crippen molar-refractivity contribution in [2.75, 3.05) is 6.54 Å². The van der Waals surface area contributed by atoms with Gasteiger partial charge in [0.2, 0.25) is 5.91 Å². The van der Waals surface area contributed by atoms with Crippen LogP contribution in [0.5, 0.6) is 0 Å². The standard InChI is InChI=1S/C20H19F3N4O/c21-20(22,23)13-26(17-9-3-6-14-7-4-10-24-19(14)17)18(28)12-27-16-8-2-1-5-15(16)11-25-27/h1-2,4-5,7-8,10-11,17H,3,6,9,12-13H2. The minimum Gasteiger partial charge on any atom is -0.323 e. The fraction of sp³-hybridized carbons (Fsp3) is 0.350. The number of fused-ring (bicyclic) bond motifs is 2. The minimum atomic E-state index is -4.49. The van der Waals surface area contributed by atoms with Gasteiger partial charge in [-0.15, -0.1) is 0 Å². The SMILES string of the molecule is O=C(Cn1ncc2ccccc21)N(CC(F)(F)F)C1CCCc2cccnc21. The Morgan fingerprint density at radius 3 is 2.86 bits per heavy atom. The highest BCUT2D eigenvalue weighted by Crippen LogP contribution is 2.35. The van der Waals surface area contributed by atoms with Crippen molar-refractivity contribution in [3.8, 4) is 0 Å². The molecule has 1 unspecified atom stereocenters. The maximum absolute atomic E-state index is 13.3. The highest BCUT2D eigenvalue weighted by atomic mass is 19.4. The zero-order valence-electron chi connectivity index (χ0n) is 15.1. The molecule has 0 saturated carbocycles. The first-order valence-electron chi connectivity index (χ1n) is 9.13. The van der Waals surface area contributed by atoms with E-state index >= 15 is 0 Å². The van der Waals surface area contributed by atoms with Crippen LogP contribution in [0, 0.1) is 0 Å². The van der Waals surface area contributed by atoms with Crippen molar-refractivity contribution < 1.29 is 18.0 Å². The van der Waals surface area contributed by atoms with Gasteiger partial charge in [-0.05, 0) is 37.0 Å². The van der Waals surface area contributed by atoms with Crippen molar-refractivity contribution in [3.05, 3.63) is 60.0 Å². The summed E-state index contributed by atoms with van der Waals surface area (Å²) in [5.74, 6) is -0.616. The summed E-state index contributed by atoms with van der Waals surface area (Å²) in [7, 11) is 0. The summed E-state index contributed by atoms with van der Waals surface area (Å²) in [5.41, 5.74) is 2.19. The number of halogens is 3. The van der Waals surface area contributed by atoms with Gasteiger partial charge in [-0.2, -0.15) is 18.3 Å². The molecule has 146 valence electrons. The minimum absolute atomic E-state index is 0.248. The van der Waals surface area contributed by atoms with Crippen molar-refractivity contribution in [1.29, 1.82) is 0 Å². The second kappa shape index (κ2) is 7.26. The summed E-state index contributed by atoms with van der Waals surface area (Å²) < 4.78 is 41.3. The molecule has 2 heterocycles. The smallest absolute Gasteiger partial charge is 0.323 e. The number of hydrogen-bond acceptors (Lipinski definition) is 3. The van der Waals surface area contributed by atoms with Gasteiger partial charge >= 0.3 is 6.18 Å². The normalized spacial score (nSPS) is 16.8. The van der Waals surface area contributed by atoms with Crippen LogP contribution in [-0.4, -0.2) is 38.3 Å². The monoisotopic (exact) mass is 388 g/mol. The van der Waals surface area contributed by atoms with E-state index in [1.807, 2.05) is 18.2 Å². The maximum atomic E-state index is 13.3. The lowest BCUT2D eigenvalue weighted by molar-refractivity contribution is -0.167. The summed E-state index contributed by atoms with van der Waals surface area (Å²) in [6.07, 6.45) is 0.621. The number of benzene rings is 1. The van der Waals surface area contributed by atoms with E-state index in [-0.39, 0.29) is 6.54 Å². The fourth-order valence-electron chi connectivity index (χ4n) is 3.82. The van der Waals surface area contributed by atoms with Crippen molar-refractivity contribution in [2.45, 2.75) is 38.0 Å². The predicted octanol–water partition coefficient (Wildman–Crippen LogP) is 3.90. The fourth-order valence-corrected chi connectivity index (χ4v) is 3.82. The molecule has 1 atom stereocenters. The van der Waals surface area contributed by atoms with Gasteiger partial charge < -0.3 is 4.90 Å². The lowest BCUT2D eigenvalue weighted by Crippen LogP contribution is -2.44. The molecule has 1 aromatic carbocycles. The first-order chi connectivity index (χ1) is 13.4. The van der Waals surface area contributed by atoms with Gasteiger partial charge in [-0.25, -0.2) is 0 Å². The summed E-state index contributed by atoms with van der Waals surface area (Å²) in [6, 6.07) is 10.2. The van der Waals surface area contributed by atoms with E-state index in [2.05, 4.69) is 10.1 Å². The van der Waals surface area contributed by atoms with Crippen LogP contribution in [0.3, 0.4) is 0 Å². The third-order valence-corrected chi connectivity index (χ3v) is 5.05. The summed E-state index contributed by atoms with van der Waals surface area (Å²) in [6.45, 7) is -1.55. The number of alkyl halides is 3. The van der Waals surface area contributed by atoms with Gasteiger partial charge in [0.25, 0.3) is 0 Å². The number of para-hydroxylation sites is 1. The highest BCUT2D eigenvalue weighted by molar-refractivity contribution is 5.82. The molecule has 4 rings (SSSR count). The molecule has 28 heavy (non-hydrogen) atoms. The van der Waals surface area contributed by atoms with Gasteiger partial charge in [0.05, 0.1) is 23.4 Å². The van der Waals surface area contributed by atoms with E-state index in [0.717, 1.165) is 28.7 Å². The van der Waals surface area contributed by atoms with Gasteiger partial charge in [-0.3, -0.25) is 14.5 Å².